The molecule has 2 aromatic carbocycles. The van der Waals surface area contributed by atoms with Crippen molar-refractivity contribution in [3.8, 4) is 23.0 Å². The van der Waals surface area contributed by atoms with E-state index >= 15 is 0 Å². The van der Waals surface area contributed by atoms with Crippen LogP contribution < -0.4 is 16.7 Å². The number of aryl methyl sites for hydroxylation is 1. The Morgan fingerprint density at radius 1 is 0.727 bits per heavy atom. The summed E-state index contributed by atoms with van der Waals surface area (Å²) in [6.07, 6.45) is -1.69. The Kier molecular flexibility index (Phi) is 10.0. The third kappa shape index (κ3) is 10.2. The minimum absolute atomic E-state index is 0.147. The molecule has 0 bridgehead atoms. The maximum absolute atomic E-state index is 13.2. The smallest absolute Gasteiger partial charge is 0.446 e. The molecule has 1 amide bonds. The zero-order chi connectivity index (χ0) is 33.3. The Morgan fingerprint density at radius 2 is 1.20 bits per heavy atom. The summed E-state index contributed by atoms with van der Waals surface area (Å²) in [7, 11) is -20.4. The number of benzene rings is 2. The number of amides is 1. The van der Waals surface area contributed by atoms with Crippen molar-refractivity contribution in [3.05, 3.63) is 47.0 Å². The van der Waals surface area contributed by atoms with E-state index in [4.69, 9.17) is 18.2 Å². The van der Waals surface area contributed by atoms with Gasteiger partial charge < -0.3 is 26.7 Å². The lowest BCUT2D eigenvalue weighted by Crippen LogP contribution is -2.48. The van der Waals surface area contributed by atoms with E-state index in [1.807, 2.05) is 0 Å². The van der Waals surface area contributed by atoms with Gasteiger partial charge in [0.15, 0.2) is 5.75 Å². The van der Waals surface area contributed by atoms with Crippen molar-refractivity contribution in [2.24, 2.45) is 0 Å². The Hall–Kier alpha value is -3.78. The average Bonchev–Trinajstić information content (AvgIpc) is 2.82. The molecule has 1 aliphatic heterocycles. The highest BCUT2D eigenvalue weighted by Crippen LogP contribution is 2.38. The highest BCUT2D eigenvalue weighted by atomic mass is 32.3. The van der Waals surface area contributed by atoms with Gasteiger partial charge in [-0.2, -0.15) is 33.7 Å². The molecule has 0 radical (unpaired) electrons. The van der Waals surface area contributed by atoms with Crippen molar-refractivity contribution >= 4 is 53.5 Å². The number of hydrogen-bond donors (Lipinski definition) is 5. The number of hydrogen-bond acceptors (Lipinski definition) is 14. The Labute approximate surface area is 249 Å². The minimum atomic E-state index is -5.17. The lowest BCUT2D eigenvalue weighted by molar-refractivity contribution is -0.151. The van der Waals surface area contributed by atoms with Crippen molar-refractivity contribution in [1.29, 1.82) is 0 Å². The number of carbonyl (C=O) groups is 2. The van der Waals surface area contributed by atoms with Crippen LogP contribution >= 0.6 is 0 Å². The van der Waals surface area contributed by atoms with Crippen LogP contribution in [0, 0.1) is 0 Å². The number of nitrogens with zero attached hydrogens (tertiary/aromatic N) is 1. The second-order valence-electron chi connectivity index (χ2n) is 8.77. The maximum Gasteiger partial charge on any atom is 0.446 e. The first-order valence-corrected chi connectivity index (χ1v) is 16.9. The molecular formula is C20H21NO19S4. The van der Waals surface area contributed by atoms with E-state index < -0.39 is 102 Å². The Bertz CT molecular complexity index is 1900. The monoisotopic (exact) mass is 707 g/mol. The summed E-state index contributed by atoms with van der Waals surface area (Å²) in [5, 5.41) is 9.78. The van der Waals surface area contributed by atoms with Crippen LogP contribution in [0.3, 0.4) is 0 Å². The fourth-order valence-corrected chi connectivity index (χ4v) is 5.69. The molecule has 0 spiro atoms. The van der Waals surface area contributed by atoms with Gasteiger partial charge in [0.2, 0.25) is 5.91 Å². The van der Waals surface area contributed by atoms with Crippen LogP contribution in [0.5, 0.6) is 23.0 Å². The Balaban J connectivity index is 1.92. The van der Waals surface area contributed by atoms with Crippen molar-refractivity contribution < 1.29 is 83.3 Å². The van der Waals surface area contributed by atoms with E-state index in [2.05, 4.69) is 16.7 Å². The van der Waals surface area contributed by atoms with Gasteiger partial charge in [-0.15, -0.1) is 0 Å². The van der Waals surface area contributed by atoms with Crippen LogP contribution in [0.2, 0.25) is 0 Å². The van der Waals surface area contributed by atoms with Gasteiger partial charge in [-0.1, -0.05) is 0 Å². The van der Waals surface area contributed by atoms with E-state index in [1.165, 1.54) is 0 Å². The van der Waals surface area contributed by atoms with Gasteiger partial charge in [-0.25, -0.2) is 4.79 Å². The highest BCUT2D eigenvalue weighted by Gasteiger charge is 2.38. The maximum atomic E-state index is 13.2. The molecule has 0 fully saturated rings. The second-order valence-corrected chi connectivity index (χ2v) is 12.9. The standard InChI is InChI=1S/C20H21NO19S4/c22-19(3-1-2-11-8-12(37-41(25,26)27)4-5-16(11)38-42(28,29)30)21-10-14-13(9-15(21)20(23)24)17(39-43(31,32)33)6-7-18(14)40-44(34,35)36/h4-8,15H,1-3,9-10H2,(H,23,24)(H,25,26,27)(H,28,29,30)(H,31,32,33)(H,34,35,36). The third-order valence-corrected chi connectivity index (χ3v) is 7.28. The molecule has 5 N–H and O–H groups in total. The normalized spacial score (nSPS) is 15.6. The Morgan fingerprint density at radius 3 is 1.70 bits per heavy atom. The van der Waals surface area contributed by atoms with E-state index in [0.717, 1.165) is 35.2 Å². The van der Waals surface area contributed by atoms with Gasteiger partial charge in [0, 0.05) is 24.0 Å². The molecule has 44 heavy (non-hydrogen) atoms. The van der Waals surface area contributed by atoms with Gasteiger partial charge >= 0.3 is 47.6 Å². The van der Waals surface area contributed by atoms with E-state index in [0.29, 0.717) is 0 Å². The first-order chi connectivity index (χ1) is 20.0. The summed E-state index contributed by atoms with van der Waals surface area (Å²) in [6.45, 7) is -0.729. The fraction of sp³-hybridized carbons (Fsp3) is 0.300. The highest BCUT2D eigenvalue weighted by molar-refractivity contribution is 7.82. The molecule has 1 unspecified atom stereocenters. The third-order valence-electron chi connectivity index (χ3n) is 5.71. The summed E-state index contributed by atoms with van der Waals surface area (Å²) in [5.74, 6) is -4.77. The SMILES string of the molecule is O=C(O)C1Cc2c(OS(=O)(=O)O)ccc(OS(=O)(=O)O)c2CN1C(=O)CCCc1cc(OS(=O)(=O)O)ccc1OS(=O)(=O)O. The number of rotatable bonds is 13. The molecule has 24 heteroatoms. The van der Waals surface area contributed by atoms with Crippen LogP contribution in [0.15, 0.2) is 30.3 Å². The predicted octanol–water partition coefficient (Wildman–Crippen LogP) is -0.226. The van der Waals surface area contributed by atoms with Crippen LogP contribution in [0.25, 0.3) is 0 Å². The molecule has 0 saturated heterocycles. The molecular weight excluding hydrogens is 686 g/mol. The van der Waals surface area contributed by atoms with E-state index in [1.54, 1.807) is 0 Å². The summed E-state index contributed by atoms with van der Waals surface area (Å²) >= 11 is 0. The van der Waals surface area contributed by atoms with Crippen molar-refractivity contribution in [2.45, 2.75) is 38.3 Å². The van der Waals surface area contributed by atoms with Crippen molar-refractivity contribution in [1.82, 2.24) is 4.90 Å². The molecule has 244 valence electrons. The number of fused-ring (bicyclic) bond motifs is 1. The number of carboxylic acid groups (broad SMARTS) is 1. The molecule has 20 nitrogen and oxygen atoms in total. The van der Waals surface area contributed by atoms with Gasteiger partial charge in [0.05, 0.1) is 6.54 Å². The molecule has 0 aromatic heterocycles. The lowest BCUT2D eigenvalue weighted by atomic mass is 9.92. The number of carbonyl (C=O) groups excluding carboxylic acids is 1. The average molecular weight is 708 g/mol. The minimum Gasteiger partial charge on any atom is -0.480 e. The quantitative estimate of drug-likeness (QED) is 0.168. The second kappa shape index (κ2) is 12.7. The van der Waals surface area contributed by atoms with Gasteiger partial charge in [-0.05, 0) is 48.7 Å². The van der Waals surface area contributed by atoms with Crippen LogP contribution in [0.4, 0.5) is 0 Å². The summed E-state index contributed by atoms with van der Waals surface area (Å²) < 4.78 is 143. The molecule has 1 atom stereocenters. The molecule has 0 aliphatic carbocycles. The first-order valence-electron chi connectivity index (χ1n) is 11.5. The van der Waals surface area contributed by atoms with Crippen LogP contribution in [-0.2, 0) is 70.6 Å². The zero-order valence-corrected chi connectivity index (χ0v) is 24.8. The van der Waals surface area contributed by atoms with Gasteiger partial charge in [0.1, 0.15) is 23.3 Å². The number of aliphatic carboxylic acids is 1. The largest absolute Gasteiger partial charge is 0.480 e. The van der Waals surface area contributed by atoms with E-state index in [9.17, 15) is 48.4 Å². The molecule has 1 aliphatic rings. The lowest BCUT2D eigenvalue weighted by Gasteiger charge is -2.35. The first kappa shape index (κ1) is 34.7. The van der Waals surface area contributed by atoms with Crippen molar-refractivity contribution in [2.75, 3.05) is 0 Å². The molecule has 0 saturated carbocycles. The predicted molar refractivity (Wildman–Crippen MR) is 140 cm³/mol. The summed E-state index contributed by atoms with van der Waals surface area (Å²) in [5.41, 5.74) is -0.734. The fourth-order valence-electron chi connectivity index (χ4n) is 4.19. The van der Waals surface area contributed by atoms with Crippen molar-refractivity contribution in [3.63, 3.8) is 0 Å². The summed E-state index contributed by atoms with van der Waals surface area (Å²) in [6, 6.07) is 2.58. The zero-order valence-electron chi connectivity index (χ0n) is 21.5. The van der Waals surface area contributed by atoms with E-state index in [-0.39, 0.29) is 29.5 Å². The molecule has 2 aromatic rings. The molecule has 3 rings (SSSR count). The topological polar surface area (TPSA) is 312 Å². The van der Waals surface area contributed by atoms with Crippen LogP contribution in [-0.4, -0.2) is 79.8 Å². The number of carboxylic acids is 1. The molecule has 1 heterocycles. The van der Waals surface area contributed by atoms with Crippen LogP contribution in [0.1, 0.15) is 29.5 Å². The summed E-state index contributed by atoms with van der Waals surface area (Å²) in [4.78, 5) is 26.0. The van der Waals surface area contributed by atoms with Gasteiger partial charge in [0.25, 0.3) is 0 Å². The van der Waals surface area contributed by atoms with Gasteiger partial charge in [-0.3, -0.25) is 23.0 Å².